The molecule has 6 heteroatoms. The van der Waals surface area contributed by atoms with Crippen LogP contribution < -0.4 is 10.2 Å². The van der Waals surface area contributed by atoms with E-state index in [4.69, 9.17) is 4.42 Å². The van der Waals surface area contributed by atoms with E-state index in [9.17, 15) is 4.79 Å². The first kappa shape index (κ1) is 19.2. The Labute approximate surface area is 181 Å². The van der Waals surface area contributed by atoms with Gasteiger partial charge in [-0.1, -0.05) is 36.4 Å². The largest absolute Gasteiger partial charge is 0.467 e. The van der Waals surface area contributed by atoms with Gasteiger partial charge in [0, 0.05) is 30.7 Å². The average molecular weight is 412 g/mol. The SMILES string of the molecule is CC1Cc2ccccc2N1Cc1occc1C(=O)NCc1ccccc1-n1cccn1. The Balaban J connectivity index is 1.31. The van der Waals surface area contributed by atoms with E-state index in [0.29, 0.717) is 30.5 Å². The molecule has 0 saturated carbocycles. The van der Waals surface area contributed by atoms with E-state index in [-0.39, 0.29) is 5.91 Å². The van der Waals surface area contributed by atoms with Crippen LogP contribution in [0.15, 0.2) is 83.7 Å². The quantitative estimate of drug-likeness (QED) is 0.512. The Hall–Kier alpha value is -3.80. The molecule has 1 N–H and O–H groups in total. The Morgan fingerprint density at radius 1 is 1.10 bits per heavy atom. The monoisotopic (exact) mass is 412 g/mol. The number of para-hydroxylation sites is 2. The highest BCUT2D eigenvalue weighted by Crippen LogP contribution is 2.33. The summed E-state index contributed by atoms with van der Waals surface area (Å²) < 4.78 is 7.53. The van der Waals surface area contributed by atoms with Gasteiger partial charge in [0.05, 0.1) is 24.1 Å². The number of hydrogen-bond donors (Lipinski definition) is 1. The van der Waals surface area contributed by atoms with Crippen LogP contribution in [0.1, 0.15) is 34.2 Å². The molecule has 1 atom stereocenters. The molecule has 0 fully saturated rings. The lowest BCUT2D eigenvalue weighted by Crippen LogP contribution is -2.30. The van der Waals surface area contributed by atoms with Gasteiger partial charge >= 0.3 is 0 Å². The molecule has 4 aromatic rings. The van der Waals surface area contributed by atoms with Crippen molar-refractivity contribution in [3.05, 3.63) is 102 Å². The van der Waals surface area contributed by atoms with Gasteiger partial charge in [-0.05, 0) is 48.7 Å². The zero-order chi connectivity index (χ0) is 21.2. The van der Waals surface area contributed by atoms with Crippen LogP contribution in [0.3, 0.4) is 0 Å². The molecule has 0 radical (unpaired) electrons. The van der Waals surface area contributed by atoms with E-state index < -0.39 is 0 Å². The van der Waals surface area contributed by atoms with Crippen LogP contribution in [0.25, 0.3) is 5.69 Å². The van der Waals surface area contributed by atoms with E-state index in [2.05, 4.69) is 46.5 Å². The Morgan fingerprint density at radius 3 is 2.74 bits per heavy atom. The molecule has 0 aliphatic carbocycles. The molecule has 1 aliphatic rings. The van der Waals surface area contributed by atoms with E-state index in [1.165, 1.54) is 11.3 Å². The number of aromatic nitrogens is 2. The molecule has 0 spiro atoms. The zero-order valence-electron chi connectivity index (χ0n) is 17.4. The van der Waals surface area contributed by atoms with Crippen LogP contribution in [0, 0.1) is 0 Å². The third kappa shape index (κ3) is 3.72. The van der Waals surface area contributed by atoms with Gasteiger partial charge in [0.25, 0.3) is 5.91 Å². The summed E-state index contributed by atoms with van der Waals surface area (Å²) in [6.07, 6.45) is 6.23. The number of fused-ring (bicyclic) bond motifs is 1. The number of carbonyl (C=O) groups excluding carboxylic acids is 1. The second-order valence-corrected chi connectivity index (χ2v) is 7.83. The predicted molar refractivity (Wildman–Crippen MR) is 119 cm³/mol. The highest BCUT2D eigenvalue weighted by atomic mass is 16.3. The molecular weight excluding hydrogens is 388 g/mol. The number of rotatable bonds is 6. The summed E-state index contributed by atoms with van der Waals surface area (Å²) in [6.45, 7) is 3.18. The number of nitrogens with one attached hydrogen (secondary N) is 1. The van der Waals surface area contributed by atoms with Crippen molar-refractivity contribution in [2.75, 3.05) is 4.90 Å². The Bertz CT molecular complexity index is 1200. The summed E-state index contributed by atoms with van der Waals surface area (Å²) in [4.78, 5) is 15.3. The third-order valence-corrected chi connectivity index (χ3v) is 5.83. The van der Waals surface area contributed by atoms with Gasteiger partial charge in [0.15, 0.2) is 0 Å². The van der Waals surface area contributed by atoms with Crippen molar-refractivity contribution < 1.29 is 9.21 Å². The first-order chi connectivity index (χ1) is 15.2. The fourth-order valence-corrected chi connectivity index (χ4v) is 4.26. The molecule has 0 saturated heterocycles. The minimum absolute atomic E-state index is 0.140. The lowest BCUT2D eigenvalue weighted by Gasteiger charge is -2.24. The number of hydrogen-bond acceptors (Lipinski definition) is 4. The summed E-state index contributed by atoms with van der Waals surface area (Å²) in [5.74, 6) is 0.542. The Kier molecular flexibility index (Phi) is 5.04. The Morgan fingerprint density at radius 2 is 1.90 bits per heavy atom. The first-order valence-electron chi connectivity index (χ1n) is 10.5. The van der Waals surface area contributed by atoms with Crippen LogP contribution in [0.4, 0.5) is 5.69 Å². The molecule has 0 bridgehead atoms. The van der Waals surface area contributed by atoms with Gasteiger partial charge in [-0.3, -0.25) is 4.79 Å². The van der Waals surface area contributed by atoms with Gasteiger partial charge in [0.1, 0.15) is 5.76 Å². The second kappa shape index (κ2) is 8.14. The maximum Gasteiger partial charge on any atom is 0.255 e. The summed E-state index contributed by atoms with van der Waals surface area (Å²) in [7, 11) is 0. The molecular formula is C25H24N4O2. The summed E-state index contributed by atoms with van der Waals surface area (Å²) >= 11 is 0. The number of benzene rings is 2. The average Bonchev–Trinajstić information content (AvgIpc) is 3.54. The maximum absolute atomic E-state index is 13.0. The number of nitrogens with zero attached hydrogens (tertiary/aromatic N) is 3. The van der Waals surface area contributed by atoms with Crippen molar-refractivity contribution in [3.63, 3.8) is 0 Å². The normalized spacial score (nSPS) is 15.1. The minimum atomic E-state index is -0.140. The molecule has 6 nitrogen and oxygen atoms in total. The molecule has 5 rings (SSSR count). The fraction of sp³-hybridized carbons (Fsp3) is 0.200. The molecule has 3 heterocycles. The van der Waals surface area contributed by atoms with Crippen molar-refractivity contribution in [2.45, 2.75) is 32.5 Å². The summed E-state index contributed by atoms with van der Waals surface area (Å²) in [5.41, 5.74) is 5.07. The molecule has 31 heavy (non-hydrogen) atoms. The maximum atomic E-state index is 13.0. The van der Waals surface area contributed by atoms with Crippen molar-refractivity contribution in [1.29, 1.82) is 0 Å². The smallest absolute Gasteiger partial charge is 0.255 e. The number of furan rings is 1. The first-order valence-corrected chi connectivity index (χ1v) is 10.5. The third-order valence-electron chi connectivity index (χ3n) is 5.83. The van der Waals surface area contributed by atoms with E-state index in [1.54, 1.807) is 23.2 Å². The summed E-state index contributed by atoms with van der Waals surface area (Å²) in [6, 6.07) is 20.3. The highest BCUT2D eigenvalue weighted by Gasteiger charge is 2.28. The second-order valence-electron chi connectivity index (χ2n) is 7.83. The fourth-order valence-electron chi connectivity index (χ4n) is 4.26. The van der Waals surface area contributed by atoms with Gasteiger partial charge in [-0.2, -0.15) is 5.10 Å². The zero-order valence-corrected chi connectivity index (χ0v) is 17.4. The van der Waals surface area contributed by atoms with Crippen molar-refractivity contribution in [1.82, 2.24) is 15.1 Å². The lowest BCUT2D eigenvalue weighted by atomic mass is 10.1. The van der Waals surface area contributed by atoms with Gasteiger partial charge in [-0.15, -0.1) is 0 Å². The van der Waals surface area contributed by atoms with Crippen LogP contribution >= 0.6 is 0 Å². The van der Waals surface area contributed by atoms with Crippen LogP contribution in [0.5, 0.6) is 0 Å². The van der Waals surface area contributed by atoms with Crippen LogP contribution in [-0.4, -0.2) is 21.7 Å². The summed E-state index contributed by atoms with van der Waals surface area (Å²) in [5, 5.41) is 7.35. The van der Waals surface area contributed by atoms with Crippen molar-refractivity contribution in [2.24, 2.45) is 0 Å². The van der Waals surface area contributed by atoms with Crippen molar-refractivity contribution in [3.8, 4) is 5.69 Å². The van der Waals surface area contributed by atoms with Crippen LogP contribution in [-0.2, 0) is 19.5 Å². The molecule has 2 aromatic heterocycles. The molecule has 1 aliphatic heterocycles. The van der Waals surface area contributed by atoms with Gasteiger partial charge < -0.3 is 14.6 Å². The van der Waals surface area contributed by atoms with E-state index in [1.807, 2.05) is 36.5 Å². The topological polar surface area (TPSA) is 63.3 Å². The lowest BCUT2D eigenvalue weighted by molar-refractivity contribution is 0.0949. The van der Waals surface area contributed by atoms with Crippen molar-refractivity contribution >= 4 is 11.6 Å². The molecule has 1 amide bonds. The van der Waals surface area contributed by atoms with E-state index >= 15 is 0 Å². The number of carbonyl (C=O) groups is 1. The molecule has 156 valence electrons. The minimum Gasteiger partial charge on any atom is -0.467 e. The standard InChI is InChI=1S/C25H24N4O2/c1-18-15-19-7-2-4-9-22(19)28(18)17-24-21(11-14-31-24)25(30)26-16-20-8-3-5-10-23(20)29-13-6-12-27-29/h2-14,18H,15-17H2,1H3,(H,26,30). The van der Waals surface area contributed by atoms with Gasteiger partial charge in [0.2, 0.25) is 0 Å². The van der Waals surface area contributed by atoms with Gasteiger partial charge in [-0.25, -0.2) is 4.68 Å². The van der Waals surface area contributed by atoms with E-state index in [0.717, 1.165) is 17.7 Å². The number of amides is 1. The van der Waals surface area contributed by atoms with Crippen LogP contribution in [0.2, 0.25) is 0 Å². The number of anilines is 1. The predicted octanol–water partition coefficient (Wildman–Crippen LogP) is 4.35. The highest BCUT2D eigenvalue weighted by molar-refractivity contribution is 5.95. The molecule has 2 aromatic carbocycles. The molecule has 1 unspecified atom stereocenters.